The molecule has 0 atom stereocenters. The Morgan fingerprint density at radius 2 is 1.90 bits per heavy atom. The Labute approximate surface area is 176 Å². The Bertz CT molecular complexity index is 720. The third kappa shape index (κ3) is 7.48. The SMILES string of the molecule is CCCCC1CCN(CCCn2cc(C)c3ccccc32)CC1.CON(C)C=O. The number of carbonyl (C=O) groups is 1. The summed E-state index contributed by atoms with van der Waals surface area (Å²) in [6.45, 7) is 9.57. The van der Waals surface area contributed by atoms with E-state index < -0.39 is 0 Å². The van der Waals surface area contributed by atoms with Crippen LogP contribution in [0.2, 0.25) is 0 Å². The second kappa shape index (κ2) is 12.7. The molecule has 0 spiro atoms. The van der Waals surface area contributed by atoms with E-state index in [-0.39, 0.29) is 0 Å². The molecule has 1 aliphatic heterocycles. The standard InChI is InChI=1S/C21H32N2.C3H7NO2/c1-3-4-8-19-11-15-22(16-12-19)13-7-14-23-17-18(2)20-9-5-6-10-21(20)23;1-4(3-5)6-2/h5-6,9-10,17,19H,3-4,7-8,11-16H2,1-2H3;3H,1-2H3. The van der Waals surface area contributed by atoms with E-state index >= 15 is 0 Å². The molecule has 5 nitrogen and oxygen atoms in total. The number of unbranched alkanes of at least 4 members (excludes halogenated alkanes) is 1. The van der Waals surface area contributed by atoms with Gasteiger partial charge in [0, 0.05) is 30.7 Å². The Morgan fingerprint density at radius 3 is 2.52 bits per heavy atom. The van der Waals surface area contributed by atoms with E-state index in [1.54, 1.807) is 0 Å². The topological polar surface area (TPSA) is 37.7 Å². The van der Waals surface area contributed by atoms with Gasteiger partial charge in [0.15, 0.2) is 0 Å². The van der Waals surface area contributed by atoms with Crippen LogP contribution in [0.15, 0.2) is 30.5 Å². The number of para-hydroxylation sites is 1. The maximum Gasteiger partial charge on any atom is 0.233 e. The molecule has 0 aliphatic carbocycles. The number of amides is 1. The lowest BCUT2D eigenvalue weighted by molar-refractivity contribution is -0.153. The van der Waals surface area contributed by atoms with Crippen LogP contribution in [0.5, 0.6) is 0 Å². The monoisotopic (exact) mass is 401 g/mol. The molecule has 1 aromatic carbocycles. The molecule has 1 saturated heterocycles. The second-order valence-electron chi connectivity index (χ2n) is 8.14. The molecule has 1 amide bonds. The third-order valence-corrected chi connectivity index (χ3v) is 5.97. The van der Waals surface area contributed by atoms with Gasteiger partial charge < -0.3 is 9.47 Å². The van der Waals surface area contributed by atoms with E-state index in [1.807, 2.05) is 0 Å². The number of fused-ring (bicyclic) bond motifs is 1. The Morgan fingerprint density at radius 1 is 1.17 bits per heavy atom. The summed E-state index contributed by atoms with van der Waals surface area (Å²) < 4.78 is 2.44. The number of hydrogen-bond donors (Lipinski definition) is 0. The van der Waals surface area contributed by atoms with Crippen LogP contribution >= 0.6 is 0 Å². The van der Waals surface area contributed by atoms with Gasteiger partial charge in [0.2, 0.25) is 6.41 Å². The predicted octanol–water partition coefficient (Wildman–Crippen LogP) is 4.88. The third-order valence-electron chi connectivity index (χ3n) is 5.97. The number of benzene rings is 1. The van der Waals surface area contributed by atoms with Crippen molar-refractivity contribution in [2.24, 2.45) is 5.92 Å². The minimum absolute atomic E-state index is 0.583. The summed E-state index contributed by atoms with van der Waals surface area (Å²) >= 11 is 0. The summed E-state index contributed by atoms with van der Waals surface area (Å²) in [6.07, 6.45) is 11.2. The van der Waals surface area contributed by atoms with E-state index in [4.69, 9.17) is 0 Å². The van der Waals surface area contributed by atoms with Gasteiger partial charge in [-0.1, -0.05) is 44.4 Å². The van der Waals surface area contributed by atoms with E-state index in [2.05, 4.69) is 58.6 Å². The summed E-state index contributed by atoms with van der Waals surface area (Å²) in [6, 6.07) is 8.78. The van der Waals surface area contributed by atoms with Crippen LogP contribution in [-0.4, -0.2) is 54.7 Å². The number of aromatic nitrogens is 1. The normalized spacial score (nSPS) is 15.2. The van der Waals surface area contributed by atoms with E-state index in [0.717, 1.165) is 17.5 Å². The van der Waals surface area contributed by atoms with Crippen LogP contribution in [0, 0.1) is 12.8 Å². The molecule has 1 aliphatic rings. The van der Waals surface area contributed by atoms with Gasteiger partial charge in [0.1, 0.15) is 0 Å². The fourth-order valence-electron chi connectivity index (χ4n) is 4.11. The number of likely N-dealkylation sites (tertiary alicyclic amines) is 1. The van der Waals surface area contributed by atoms with Crippen LogP contribution < -0.4 is 0 Å². The van der Waals surface area contributed by atoms with Crippen molar-refractivity contribution in [2.75, 3.05) is 33.8 Å². The lowest BCUT2D eigenvalue weighted by Gasteiger charge is -2.32. The molecule has 1 fully saturated rings. The predicted molar refractivity (Wildman–Crippen MR) is 121 cm³/mol. The smallest absolute Gasteiger partial charge is 0.233 e. The highest BCUT2D eigenvalue weighted by atomic mass is 16.7. The molecule has 5 heteroatoms. The lowest BCUT2D eigenvalue weighted by atomic mass is 9.91. The summed E-state index contributed by atoms with van der Waals surface area (Å²) in [5.41, 5.74) is 2.79. The zero-order valence-electron chi connectivity index (χ0n) is 18.8. The van der Waals surface area contributed by atoms with Gasteiger partial charge in [-0.25, -0.2) is 5.06 Å². The molecule has 1 aromatic heterocycles. The van der Waals surface area contributed by atoms with Gasteiger partial charge in [0.25, 0.3) is 0 Å². The van der Waals surface area contributed by atoms with Gasteiger partial charge in [-0.15, -0.1) is 0 Å². The zero-order valence-corrected chi connectivity index (χ0v) is 18.8. The first-order valence-corrected chi connectivity index (χ1v) is 11.1. The molecule has 162 valence electrons. The number of rotatable bonds is 9. The average Bonchev–Trinajstić information content (AvgIpc) is 3.09. The molecular formula is C24H39N3O2. The number of hydroxylamine groups is 2. The maximum absolute atomic E-state index is 9.54. The van der Waals surface area contributed by atoms with Crippen LogP contribution in [0.4, 0.5) is 0 Å². The van der Waals surface area contributed by atoms with Crippen molar-refractivity contribution in [3.63, 3.8) is 0 Å². The van der Waals surface area contributed by atoms with Crippen molar-refractivity contribution in [3.05, 3.63) is 36.0 Å². The van der Waals surface area contributed by atoms with Gasteiger partial charge in [-0.3, -0.25) is 9.63 Å². The molecule has 29 heavy (non-hydrogen) atoms. The first kappa shape index (κ1) is 23.4. The van der Waals surface area contributed by atoms with E-state index in [9.17, 15) is 4.79 Å². The van der Waals surface area contributed by atoms with Crippen molar-refractivity contribution in [1.29, 1.82) is 0 Å². The first-order valence-electron chi connectivity index (χ1n) is 11.1. The van der Waals surface area contributed by atoms with Crippen LogP contribution in [0.1, 0.15) is 51.0 Å². The zero-order chi connectivity index (χ0) is 21.1. The highest BCUT2D eigenvalue weighted by Gasteiger charge is 2.18. The number of hydrogen-bond acceptors (Lipinski definition) is 3. The number of carbonyl (C=O) groups excluding carboxylic acids is 1. The maximum atomic E-state index is 9.54. The van der Waals surface area contributed by atoms with Crippen molar-refractivity contribution in [2.45, 2.75) is 58.9 Å². The highest BCUT2D eigenvalue weighted by molar-refractivity contribution is 5.83. The molecule has 0 N–H and O–H groups in total. The van der Waals surface area contributed by atoms with Crippen LogP contribution in [0.25, 0.3) is 10.9 Å². The lowest BCUT2D eigenvalue weighted by Crippen LogP contribution is -2.34. The quantitative estimate of drug-likeness (QED) is 0.444. The fraction of sp³-hybridized carbons (Fsp3) is 0.625. The van der Waals surface area contributed by atoms with Gasteiger partial charge >= 0.3 is 0 Å². The molecule has 0 unspecified atom stereocenters. The molecule has 0 saturated carbocycles. The Hall–Kier alpha value is -1.85. The number of piperidine rings is 1. The summed E-state index contributed by atoms with van der Waals surface area (Å²) in [7, 11) is 2.95. The molecular weight excluding hydrogens is 362 g/mol. The van der Waals surface area contributed by atoms with Gasteiger partial charge in [0.05, 0.1) is 7.11 Å². The minimum Gasteiger partial charge on any atom is -0.347 e. The summed E-state index contributed by atoms with van der Waals surface area (Å²) in [5.74, 6) is 1.00. The van der Waals surface area contributed by atoms with Gasteiger partial charge in [-0.2, -0.15) is 0 Å². The summed E-state index contributed by atoms with van der Waals surface area (Å²) in [4.78, 5) is 16.6. The second-order valence-corrected chi connectivity index (χ2v) is 8.14. The summed E-state index contributed by atoms with van der Waals surface area (Å²) in [5, 5.41) is 2.48. The average molecular weight is 402 g/mol. The van der Waals surface area contributed by atoms with Crippen LogP contribution in [0.3, 0.4) is 0 Å². The Balaban J connectivity index is 0.000000438. The first-order chi connectivity index (χ1) is 14.1. The molecule has 3 rings (SSSR count). The van der Waals surface area contributed by atoms with Crippen molar-refractivity contribution < 1.29 is 9.63 Å². The minimum atomic E-state index is 0.583. The number of aryl methyl sites for hydroxylation is 2. The highest BCUT2D eigenvalue weighted by Crippen LogP contribution is 2.23. The number of nitrogens with zero attached hydrogens (tertiary/aromatic N) is 3. The Kier molecular flexibility index (Phi) is 10.2. The fourth-order valence-corrected chi connectivity index (χ4v) is 4.11. The molecule has 0 bridgehead atoms. The van der Waals surface area contributed by atoms with Crippen LogP contribution in [-0.2, 0) is 16.2 Å². The van der Waals surface area contributed by atoms with Crippen molar-refractivity contribution >= 4 is 17.3 Å². The van der Waals surface area contributed by atoms with Crippen molar-refractivity contribution in [1.82, 2.24) is 14.5 Å². The van der Waals surface area contributed by atoms with Crippen molar-refractivity contribution in [3.8, 4) is 0 Å². The van der Waals surface area contributed by atoms with Gasteiger partial charge in [-0.05, 0) is 63.4 Å². The van der Waals surface area contributed by atoms with E-state index in [1.165, 1.54) is 88.8 Å². The molecule has 2 heterocycles. The van der Waals surface area contributed by atoms with E-state index in [0.29, 0.717) is 6.41 Å². The molecule has 0 radical (unpaired) electrons. The largest absolute Gasteiger partial charge is 0.347 e. The molecule has 2 aromatic rings.